The summed E-state index contributed by atoms with van der Waals surface area (Å²) in [4.78, 5) is 0. The predicted molar refractivity (Wildman–Crippen MR) is 70.7 cm³/mol. The van der Waals surface area contributed by atoms with Crippen molar-refractivity contribution in [2.45, 2.75) is 57.6 Å². The number of rotatable bonds is 2. The van der Waals surface area contributed by atoms with Gasteiger partial charge in [-0.05, 0) is 51.2 Å². The summed E-state index contributed by atoms with van der Waals surface area (Å²) >= 11 is 0. The lowest BCUT2D eigenvalue weighted by Gasteiger charge is -2.24. The number of benzene rings is 1. The second-order valence-electron chi connectivity index (χ2n) is 5.41. The minimum atomic E-state index is 0.450. The van der Waals surface area contributed by atoms with Crippen molar-refractivity contribution in [2.24, 2.45) is 0 Å². The first kappa shape index (κ1) is 10.9. The highest BCUT2D eigenvalue weighted by molar-refractivity contribution is 5.62. The molecule has 1 aromatic rings. The lowest BCUT2D eigenvalue weighted by Crippen LogP contribution is -2.20. The normalized spacial score (nSPS) is 24.2. The Morgan fingerprint density at radius 3 is 2.82 bits per heavy atom. The molecule has 1 aromatic carbocycles. The quantitative estimate of drug-likeness (QED) is 0.837. The van der Waals surface area contributed by atoms with E-state index in [1.807, 2.05) is 0 Å². The molecule has 1 heterocycles. The van der Waals surface area contributed by atoms with Gasteiger partial charge in [0.05, 0.1) is 6.10 Å². The summed E-state index contributed by atoms with van der Waals surface area (Å²) in [5.74, 6) is 1.12. The summed E-state index contributed by atoms with van der Waals surface area (Å²) in [5.41, 5.74) is 2.65. The van der Waals surface area contributed by atoms with Gasteiger partial charge >= 0.3 is 0 Å². The Bertz CT molecular complexity index is 396. The first-order chi connectivity index (χ1) is 8.33. The van der Waals surface area contributed by atoms with Gasteiger partial charge in [-0.25, -0.2) is 0 Å². The molecule has 0 amide bonds. The number of hydrogen-bond donors (Lipinski definition) is 1. The van der Waals surface area contributed by atoms with Crippen LogP contribution < -0.4 is 10.1 Å². The Kier molecular flexibility index (Phi) is 2.96. The van der Waals surface area contributed by atoms with Gasteiger partial charge in [0.2, 0.25) is 0 Å². The van der Waals surface area contributed by atoms with Crippen molar-refractivity contribution in [3.8, 4) is 5.75 Å². The molecule has 92 valence electrons. The molecule has 0 bridgehead atoms. The summed E-state index contributed by atoms with van der Waals surface area (Å²) in [6.07, 6.45) is 8.04. The molecule has 17 heavy (non-hydrogen) atoms. The standard InChI is InChI=1S/C15H21NO/c1-11-10-13-14(16-11)8-5-9-15(13)17-12-6-3-2-4-7-12/h5,8-9,11-12,16H,2-4,6-7,10H2,1H3. The summed E-state index contributed by atoms with van der Waals surface area (Å²) in [6.45, 7) is 2.23. The minimum absolute atomic E-state index is 0.450. The van der Waals surface area contributed by atoms with E-state index in [0.29, 0.717) is 12.1 Å². The molecule has 1 fully saturated rings. The summed E-state index contributed by atoms with van der Waals surface area (Å²) in [5, 5.41) is 3.49. The van der Waals surface area contributed by atoms with Gasteiger partial charge in [-0.3, -0.25) is 0 Å². The van der Waals surface area contributed by atoms with E-state index in [9.17, 15) is 0 Å². The Labute approximate surface area is 103 Å². The van der Waals surface area contributed by atoms with E-state index in [-0.39, 0.29) is 0 Å². The second-order valence-corrected chi connectivity index (χ2v) is 5.41. The maximum absolute atomic E-state index is 6.21. The number of fused-ring (bicyclic) bond motifs is 1. The van der Waals surface area contributed by atoms with Crippen LogP contribution >= 0.6 is 0 Å². The van der Waals surface area contributed by atoms with Crippen molar-refractivity contribution in [1.29, 1.82) is 0 Å². The zero-order valence-corrected chi connectivity index (χ0v) is 10.5. The van der Waals surface area contributed by atoms with Crippen LogP contribution in [0.2, 0.25) is 0 Å². The molecule has 0 saturated heterocycles. The highest BCUT2D eigenvalue weighted by Crippen LogP contribution is 2.35. The van der Waals surface area contributed by atoms with Gasteiger partial charge in [-0.15, -0.1) is 0 Å². The fourth-order valence-corrected chi connectivity index (χ4v) is 3.01. The zero-order valence-electron chi connectivity index (χ0n) is 10.5. The predicted octanol–water partition coefficient (Wildman–Crippen LogP) is 3.75. The molecular weight excluding hydrogens is 210 g/mol. The fraction of sp³-hybridized carbons (Fsp3) is 0.600. The van der Waals surface area contributed by atoms with Crippen molar-refractivity contribution < 1.29 is 4.74 Å². The van der Waals surface area contributed by atoms with E-state index < -0.39 is 0 Å². The molecule has 0 radical (unpaired) electrons. The third kappa shape index (κ3) is 2.26. The minimum Gasteiger partial charge on any atom is -0.490 e. The largest absolute Gasteiger partial charge is 0.490 e. The summed E-state index contributed by atoms with van der Waals surface area (Å²) in [7, 11) is 0. The molecule has 2 heteroatoms. The Balaban J connectivity index is 1.77. The Morgan fingerprint density at radius 1 is 1.18 bits per heavy atom. The maximum Gasteiger partial charge on any atom is 0.125 e. The zero-order chi connectivity index (χ0) is 11.7. The SMILES string of the molecule is CC1Cc2c(cccc2OC2CCCCC2)N1. The van der Waals surface area contributed by atoms with E-state index in [2.05, 4.69) is 30.4 Å². The van der Waals surface area contributed by atoms with Crippen LogP contribution in [0, 0.1) is 0 Å². The molecule has 1 aliphatic heterocycles. The summed E-state index contributed by atoms with van der Waals surface area (Å²) < 4.78 is 6.21. The van der Waals surface area contributed by atoms with Crippen molar-refractivity contribution in [1.82, 2.24) is 0 Å². The number of hydrogen-bond acceptors (Lipinski definition) is 2. The van der Waals surface area contributed by atoms with Crippen LogP contribution in [0.25, 0.3) is 0 Å². The first-order valence-corrected chi connectivity index (χ1v) is 6.88. The Morgan fingerprint density at radius 2 is 2.00 bits per heavy atom. The fourth-order valence-electron chi connectivity index (χ4n) is 3.01. The van der Waals surface area contributed by atoms with Gasteiger partial charge in [0.1, 0.15) is 5.75 Å². The average Bonchev–Trinajstić information content (AvgIpc) is 2.72. The van der Waals surface area contributed by atoms with E-state index >= 15 is 0 Å². The third-order valence-electron chi connectivity index (χ3n) is 3.89. The number of ether oxygens (including phenoxy) is 1. The lowest BCUT2D eigenvalue weighted by atomic mass is 9.97. The van der Waals surface area contributed by atoms with Gasteiger partial charge in [-0.2, -0.15) is 0 Å². The summed E-state index contributed by atoms with van der Waals surface area (Å²) in [6, 6.07) is 6.93. The molecule has 1 N–H and O–H groups in total. The second kappa shape index (κ2) is 4.59. The lowest BCUT2D eigenvalue weighted by molar-refractivity contribution is 0.154. The van der Waals surface area contributed by atoms with Crippen molar-refractivity contribution in [3.63, 3.8) is 0 Å². The van der Waals surface area contributed by atoms with Crippen molar-refractivity contribution in [3.05, 3.63) is 23.8 Å². The topological polar surface area (TPSA) is 21.3 Å². The molecule has 3 rings (SSSR count). The third-order valence-corrected chi connectivity index (χ3v) is 3.89. The molecule has 0 aromatic heterocycles. The maximum atomic E-state index is 6.21. The van der Waals surface area contributed by atoms with Crippen LogP contribution in [-0.4, -0.2) is 12.1 Å². The molecule has 1 saturated carbocycles. The molecule has 0 spiro atoms. The molecule has 1 atom stereocenters. The number of nitrogens with one attached hydrogen (secondary N) is 1. The van der Waals surface area contributed by atoms with Crippen LogP contribution in [0.3, 0.4) is 0 Å². The first-order valence-electron chi connectivity index (χ1n) is 6.88. The van der Waals surface area contributed by atoms with Gasteiger partial charge < -0.3 is 10.1 Å². The molecule has 2 aliphatic rings. The molecular formula is C15H21NO. The molecule has 1 unspecified atom stereocenters. The van der Waals surface area contributed by atoms with Crippen molar-refractivity contribution >= 4 is 5.69 Å². The van der Waals surface area contributed by atoms with Gasteiger partial charge in [0, 0.05) is 17.3 Å². The monoisotopic (exact) mass is 231 g/mol. The highest BCUT2D eigenvalue weighted by Gasteiger charge is 2.22. The van der Waals surface area contributed by atoms with E-state index in [4.69, 9.17) is 4.74 Å². The van der Waals surface area contributed by atoms with Crippen LogP contribution in [-0.2, 0) is 6.42 Å². The number of anilines is 1. The van der Waals surface area contributed by atoms with Crippen LogP contribution in [0.15, 0.2) is 18.2 Å². The van der Waals surface area contributed by atoms with Gasteiger partial charge in [0.25, 0.3) is 0 Å². The van der Waals surface area contributed by atoms with E-state index in [0.717, 1.165) is 12.2 Å². The van der Waals surface area contributed by atoms with Gasteiger partial charge in [0.15, 0.2) is 0 Å². The van der Waals surface area contributed by atoms with Crippen LogP contribution in [0.5, 0.6) is 5.75 Å². The van der Waals surface area contributed by atoms with E-state index in [1.54, 1.807) is 0 Å². The van der Waals surface area contributed by atoms with E-state index in [1.165, 1.54) is 43.4 Å². The van der Waals surface area contributed by atoms with Gasteiger partial charge in [-0.1, -0.05) is 12.5 Å². The molecule has 1 aliphatic carbocycles. The smallest absolute Gasteiger partial charge is 0.125 e. The molecule has 2 nitrogen and oxygen atoms in total. The Hall–Kier alpha value is -1.18. The average molecular weight is 231 g/mol. The van der Waals surface area contributed by atoms with Crippen LogP contribution in [0.1, 0.15) is 44.6 Å². The highest BCUT2D eigenvalue weighted by atomic mass is 16.5. The van der Waals surface area contributed by atoms with Crippen molar-refractivity contribution in [2.75, 3.05) is 5.32 Å². The van der Waals surface area contributed by atoms with Crippen LogP contribution in [0.4, 0.5) is 5.69 Å².